The fraction of sp³-hybridized carbons (Fsp3) is 0.0370. The van der Waals surface area contributed by atoms with Gasteiger partial charge in [0.1, 0.15) is 11.3 Å². The van der Waals surface area contributed by atoms with Crippen LogP contribution in [-0.2, 0) is 6.54 Å². The monoisotopic (exact) mass is 504 g/mol. The topological polar surface area (TPSA) is 147 Å². The van der Waals surface area contributed by atoms with E-state index >= 15 is 0 Å². The van der Waals surface area contributed by atoms with E-state index in [1.165, 1.54) is 0 Å². The van der Waals surface area contributed by atoms with Gasteiger partial charge in [0, 0.05) is 36.3 Å². The van der Waals surface area contributed by atoms with Crippen LogP contribution >= 0.6 is 0 Å². The number of imidazole rings is 1. The number of nitrogens with two attached hydrogens (primary N) is 1. The van der Waals surface area contributed by atoms with Crippen LogP contribution < -0.4 is 15.8 Å². The van der Waals surface area contributed by atoms with Crippen molar-refractivity contribution >= 4 is 22.8 Å². The summed E-state index contributed by atoms with van der Waals surface area (Å²) in [6, 6.07) is 22.0. The standard InChI is InChI=1S/C27H20N8O3/c28-25-24(33-38-34-25)26-32-21-16-30-23(14-22(21)35(26)19-6-2-1-3-7-19)37-20-8-4-5-18(13-20)27(36)31-15-17-9-11-29-12-10-17/h1-14,16H,15H2,(H2,28,34)(H,31,36). The number of nitrogens with zero attached hydrogens (tertiary/aromatic N) is 6. The number of anilines is 1. The van der Waals surface area contributed by atoms with E-state index < -0.39 is 0 Å². The number of fused-ring (bicyclic) bond motifs is 1. The van der Waals surface area contributed by atoms with Crippen LogP contribution in [0.4, 0.5) is 5.82 Å². The Morgan fingerprint density at radius 1 is 1.00 bits per heavy atom. The molecule has 11 nitrogen and oxygen atoms in total. The molecule has 11 heteroatoms. The zero-order valence-corrected chi connectivity index (χ0v) is 19.9. The quantitative estimate of drug-likeness (QED) is 0.327. The second kappa shape index (κ2) is 9.82. The molecule has 6 aromatic rings. The third-order valence-corrected chi connectivity index (χ3v) is 5.78. The van der Waals surface area contributed by atoms with Crippen molar-refractivity contribution in [3.8, 4) is 28.8 Å². The molecule has 4 heterocycles. The Morgan fingerprint density at radius 3 is 2.63 bits per heavy atom. The number of nitrogens with one attached hydrogen (secondary N) is 1. The van der Waals surface area contributed by atoms with Crippen LogP contribution in [0.3, 0.4) is 0 Å². The Morgan fingerprint density at radius 2 is 1.84 bits per heavy atom. The highest BCUT2D eigenvalue weighted by Gasteiger charge is 2.21. The maximum Gasteiger partial charge on any atom is 0.251 e. The molecule has 0 unspecified atom stereocenters. The first-order valence-corrected chi connectivity index (χ1v) is 11.6. The summed E-state index contributed by atoms with van der Waals surface area (Å²) in [7, 11) is 0. The molecule has 0 saturated heterocycles. The smallest absolute Gasteiger partial charge is 0.251 e. The number of benzene rings is 2. The van der Waals surface area contributed by atoms with Crippen molar-refractivity contribution in [3.05, 3.63) is 103 Å². The zero-order chi connectivity index (χ0) is 25.9. The summed E-state index contributed by atoms with van der Waals surface area (Å²) >= 11 is 0. The third-order valence-electron chi connectivity index (χ3n) is 5.78. The van der Waals surface area contributed by atoms with Gasteiger partial charge in [0.05, 0.1) is 11.7 Å². The fourth-order valence-corrected chi connectivity index (χ4v) is 3.97. The van der Waals surface area contributed by atoms with E-state index in [1.54, 1.807) is 48.9 Å². The van der Waals surface area contributed by atoms with Crippen molar-refractivity contribution in [3.63, 3.8) is 0 Å². The Bertz CT molecular complexity index is 1730. The van der Waals surface area contributed by atoms with E-state index in [2.05, 4.69) is 30.6 Å². The van der Waals surface area contributed by atoms with E-state index in [4.69, 9.17) is 15.1 Å². The highest BCUT2D eigenvalue weighted by Crippen LogP contribution is 2.32. The Hall–Kier alpha value is -5.58. The number of hydrogen-bond acceptors (Lipinski definition) is 9. The molecule has 4 aromatic heterocycles. The van der Waals surface area contributed by atoms with Crippen LogP contribution in [0.25, 0.3) is 28.2 Å². The van der Waals surface area contributed by atoms with Crippen molar-refractivity contribution in [2.24, 2.45) is 0 Å². The summed E-state index contributed by atoms with van der Waals surface area (Å²) < 4.78 is 12.7. The first-order valence-electron chi connectivity index (χ1n) is 11.6. The molecule has 0 saturated carbocycles. The van der Waals surface area contributed by atoms with Gasteiger partial charge in [-0.05, 0) is 58.3 Å². The molecule has 1 amide bonds. The highest BCUT2D eigenvalue weighted by atomic mass is 16.6. The molecule has 6 rings (SSSR count). The van der Waals surface area contributed by atoms with E-state index in [0.29, 0.717) is 46.3 Å². The average molecular weight is 505 g/mol. The average Bonchev–Trinajstić information content (AvgIpc) is 3.55. The molecule has 186 valence electrons. The van der Waals surface area contributed by atoms with Gasteiger partial charge in [-0.1, -0.05) is 24.3 Å². The Kier molecular flexibility index (Phi) is 5.91. The number of hydrogen-bond donors (Lipinski definition) is 2. The molecule has 3 N–H and O–H groups in total. The zero-order valence-electron chi connectivity index (χ0n) is 19.9. The molecule has 38 heavy (non-hydrogen) atoms. The van der Waals surface area contributed by atoms with Crippen LogP contribution in [0.1, 0.15) is 15.9 Å². The molecule has 0 bridgehead atoms. The van der Waals surface area contributed by atoms with Gasteiger partial charge in [0.15, 0.2) is 17.3 Å². The van der Waals surface area contributed by atoms with Crippen LogP contribution in [0.15, 0.2) is 96.0 Å². The van der Waals surface area contributed by atoms with Gasteiger partial charge in [-0.2, -0.15) is 0 Å². The van der Waals surface area contributed by atoms with Gasteiger partial charge in [0.25, 0.3) is 5.91 Å². The van der Waals surface area contributed by atoms with Crippen molar-refractivity contribution in [1.82, 2.24) is 35.1 Å². The summed E-state index contributed by atoms with van der Waals surface area (Å²) in [6.45, 7) is 0.391. The molecule has 0 atom stereocenters. The normalized spacial score (nSPS) is 10.9. The Labute approximate surface area is 215 Å². The largest absolute Gasteiger partial charge is 0.439 e. The molecule has 0 fully saturated rings. The summed E-state index contributed by atoms with van der Waals surface area (Å²) in [5, 5.41) is 10.5. The predicted molar refractivity (Wildman–Crippen MR) is 138 cm³/mol. The van der Waals surface area contributed by atoms with Crippen LogP contribution in [0.5, 0.6) is 11.6 Å². The number of carbonyl (C=O) groups excluding carboxylic acids is 1. The molecule has 0 aliphatic carbocycles. The Balaban J connectivity index is 1.31. The van der Waals surface area contributed by atoms with E-state index in [1.807, 2.05) is 47.0 Å². The lowest BCUT2D eigenvalue weighted by molar-refractivity contribution is 0.0950. The predicted octanol–water partition coefficient (Wildman–Crippen LogP) is 4.17. The minimum Gasteiger partial charge on any atom is -0.439 e. The lowest BCUT2D eigenvalue weighted by atomic mass is 10.2. The number of para-hydroxylation sites is 1. The fourth-order valence-electron chi connectivity index (χ4n) is 3.97. The number of amides is 1. The number of nitrogen functional groups attached to an aromatic ring is 1. The van der Waals surface area contributed by atoms with E-state index in [0.717, 1.165) is 11.3 Å². The second-order valence-electron chi connectivity index (χ2n) is 8.28. The number of carbonyl (C=O) groups is 1. The SMILES string of the molecule is Nc1nonc1-c1nc2cnc(Oc3cccc(C(=O)NCc4ccncc4)c3)cc2n1-c1ccccc1. The minimum atomic E-state index is -0.221. The van der Waals surface area contributed by atoms with Gasteiger partial charge < -0.3 is 15.8 Å². The van der Waals surface area contributed by atoms with Gasteiger partial charge in [0.2, 0.25) is 5.88 Å². The minimum absolute atomic E-state index is 0.126. The first-order chi connectivity index (χ1) is 18.7. The van der Waals surface area contributed by atoms with Crippen molar-refractivity contribution < 1.29 is 14.2 Å². The molecule has 0 radical (unpaired) electrons. The van der Waals surface area contributed by atoms with E-state index in [-0.39, 0.29) is 11.7 Å². The van der Waals surface area contributed by atoms with Crippen molar-refractivity contribution in [1.29, 1.82) is 0 Å². The molecule has 2 aromatic carbocycles. The van der Waals surface area contributed by atoms with Crippen molar-refractivity contribution in [2.75, 3.05) is 5.73 Å². The van der Waals surface area contributed by atoms with Gasteiger partial charge >= 0.3 is 0 Å². The molecular formula is C27H20N8O3. The van der Waals surface area contributed by atoms with Crippen molar-refractivity contribution in [2.45, 2.75) is 6.54 Å². The summed E-state index contributed by atoms with van der Waals surface area (Å²) in [4.78, 5) is 25.8. The van der Waals surface area contributed by atoms with Crippen LogP contribution in [0.2, 0.25) is 0 Å². The summed E-state index contributed by atoms with van der Waals surface area (Å²) in [5.74, 6) is 1.14. The molecular weight excluding hydrogens is 484 g/mol. The molecule has 0 spiro atoms. The van der Waals surface area contributed by atoms with Crippen LogP contribution in [0, 0.1) is 0 Å². The molecule has 0 aliphatic heterocycles. The van der Waals surface area contributed by atoms with Gasteiger partial charge in [-0.25, -0.2) is 14.6 Å². The summed E-state index contributed by atoms with van der Waals surface area (Å²) in [6.07, 6.45) is 4.97. The lowest BCUT2D eigenvalue weighted by Crippen LogP contribution is -2.22. The van der Waals surface area contributed by atoms with Gasteiger partial charge in [-0.3, -0.25) is 14.3 Å². The highest BCUT2D eigenvalue weighted by molar-refractivity contribution is 5.94. The number of rotatable bonds is 7. The maximum atomic E-state index is 12.7. The molecule has 0 aliphatic rings. The first kappa shape index (κ1) is 22.9. The number of aromatic nitrogens is 6. The lowest BCUT2D eigenvalue weighted by Gasteiger charge is -2.10. The summed E-state index contributed by atoms with van der Waals surface area (Å²) in [5.41, 5.74) is 9.85. The number of ether oxygens (including phenoxy) is 1. The maximum absolute atomic E-state index is 12.7. The van der Waals surface area contributed by atoms with Crippen LogP contribution in [-0.4, -0.2) is 35.7 Å². The van der Waals surface area contributed by atoms with Gasteiger partial charge in [-0.15, -0.1) is 0 Å². The number of pyridine rings is 2. The third kappa shape index (κ3) is 4.51. The second-order valence-corrected chi connectivity index (χ2v) is 8.28. The van der Waals surface area contributed by atoms with E-state index in [9.17, 15) is 4.79 Å².